The second-order valence-corrected chi connectivity index (χ2v) is 5.61. The molecule has 0 aromatic rings. The number of carbonyl (C=O) groups excluding carboxylic acids is 2. The van der Waals surface area contributed by atoms with Gasteiger partial charge in [0.05, 0.1) is 12.2 Å². The van der Waals surface area contributed by atoms with Crippen LogP contribution in [0.1, 0.15) is 33.6 Å². The highest BCUT2D eigenvalue weighted by Gasteiger charge is 2.54. The van der Waals surface area contributed by atoms with Crippen LogP contribution in [-0.4, -0.2) is 35.7 Å². The number of ketones is 1. The van der Waals surface area contributed by atoms with Crippen molar-refractivity contribution in [3.05, 3.63) is 11.3 Å². The van der Waals surface area contributed by atoms with Gasteiger partial charge in [0.2, 0.25) is 5.60 Å². The highest BCUT2D eigenvalue weighted by molar-refractivity contribution is 6.06. The van der Waals surface area contributed by atoms with Crippen molar-refractivity contribution < 1.29 is 24.2 Å². The van der Waals surface area contributed by atoms with Crippen molar-refractivity contribution in [2.24, 2.45) is 5.41 Å². The highest BCUT2D eigenvalue weighted by atomic mass is 16.6. The molecule has 100 valence electrons. The summed E-state index contributed by atoms with van der Waals surface area (Å²) >= 11 is 0. The summed E-state index contributed by atoms with van der Waals surface area (Å²) < 4.78 is 10.2. The Kier molecular flexibility index (Phi) is 2.97. The van der Waals surface area contributed by atoms with Crippen LogP contribution in [0.5, 0.6) is 0 Å². The van der Waals surface area contributed by atoms with Crippen LogP contribution in [0.4, 0.5) is 0 Å². The highest BCUT2D eigenvalue weighted by Crippen LogP contribution is 2.44. The molecule has 0 saturated heterocycles. The molecule has 1 N–H and O–H groups in total. The van der Waals surface area contributed by atoms with Gasteiger partial charge in [-0.3, -0.25) is 4.79 Å². The lowest BCUT2D eigenvalue weighted by molar-refractivity contribution is -0.163. The Morgan fingerprint density at radius 1 is 1.44 bits per heavy atom. The molecular formula is C13H18O5. The smallest absolute Gasteiger partial charge is 0.346 e. The van der Waals surface area contributed by atoms with E-state index in [1.165, 1.54) is 0 Å². The number of aliphatic hydroxyl groups is 1. The largest absolute Gasteiger partial charge is 0.493 e. The maximum absolute atomic E-state index is 12.1. The average molecular weight is 254 g/mol. The zero-order valence-corrected chi connectivity index (χ0v) is 10.9. The number of hydrogen-bond donors (Lipinski definition) is 1. The fraction of sp³-hybridized carbons (Fsp3) is 0.692. The summed E-state index contributed by atoms with van der Waals surface area (Å²) in [5.74, 6) is -0.593. The average Bonchev–Trinajstić information content (AvgIpc) is 2.56. The summed E-state index contributed by atoms with van der Waals surface area (Å²) in [6.45, 7) is 5.50. The zero-order chi connectivity index (χ0) is 13.6. The minimum Gasteiger partial charge on any atom is -0.493 e. The van der Waals surface area contributed by atoms with Crippen molar-refractivity contribution >= 4 is 11.8 Å². The molecular weight excluding hydrogens is 236 g/mol. The number of rotatable bonds is 2. The zero-order valence-electron chi connectivity index (χ0n) is 10.9. The normalized spacial score (nSPS) is 29.9. The Hall–Kier alpha value is -1.36. The van der Waals surface area contributed by atoms with Gasteiger partial charge in [-0.25, -0.2) is 4.79 Å². The molecule has 1 aliphatic heterocycles. The SMILES string of the molecule is CCOC(=O)C1(O)COC2=C1C(=O)CC(C)(C)C2. The van der Waals surface area contributed by atoms with E-state index in [9.17, 15) is 14.7 Å². The first-order valence-corrected chi connectivity index (χ1v) is 6.09. The third-order valence-electron chi connectivity index (χ3n) is 3.32. The molecule has 5 heteroatoms. The topological polar surface area (TPSA) is 72.8 Å². The Morgan fingerprint density at radius 3 is 2.72 bits per heavy atom. The van der Waals surface area contributed by atoms with Crippen molar-refractivity contribution in [2.45, 2.75) is 39.2 Å². The number of hydrogen-bond acceptors (Lipinski definition) is 5. The van der Waals surface area contributed by atoms with E-state index in [-0.39, 0.29) is 30.0 Å². The van der Waals surface area contributed by atoms with Crippen LogP contribution in [0.25, 0.3) is 0 Å². The lowest BCUT2D eigenvalue weighted by atomic mass is 9.73. The van der Waals surface area contributed by atoms with Gasteiger partial charge in [-0.1, -0.05) is 13.8 Å². The second-order valence-electron chi connectivity index (χ2n) is 5.61. The number of allylic oxidation sites excluding steroid dienone is 1. The Morgan fingerprint density at radius 2 is 2.11 bits per heavy atom. The third-order valence-corrected chi connectivity index (χ3v) is 3.32. The molecule has 0 bridgehead atoms. The van der Waals surface area contributed by atoms with Gasteiger partial charge in [0.25, 0.3) is 0 Å². The molecule has 0 spiro atoms. The maximum atomic E-state index is 12.1. The number of esters is 1. The van der Waals surface area contributed by atoms with Crippen LogP contribution in [0, 0.1) is 5.41 Å². The minimum absolute atomic E-state index is 0.0975. The van der Waals surface area contributed by atoms with E-state index in [0.29, 0.717) is 18.6 Å². The van der Waals surface area contributed by atoms with Crippen LogP contribution in [0.15, 0.2) is 11.3 Å². The summed E-state index contributed by atoms with van der Waals surface area (Å²) in [6, 6.07) is 0. The van der Waals surface area contributed by atoms with E-state index in [1.807, 2.05) is 13.8 Å². The summed E-state index contributed by atoms with van der Waals surface area (Å²) in [5.41, 5.74) is -2.02. The first-order chi connectivity index (χ1) is 8.30. The molecule has 18 heavy (non-hydrogen) atoms. The van der Waals surface area contributed by atoms with E-state index < -0.39 is 11.6 Å². The molecule has 0 amide bonds. The molecule has 2 aliphatic rings. The number of ether oxygens (including phenoxy) is 2. The first kappa shape index (κ1) is 13.1. The van der Waals surface area contributed by atoms with Gasteiger partial charge in [-0.15, -0.1) is 0 Å². The molecule has 1 atom stereocenters. The minimum atomic E-state index is -1.92. The molecule has 0 radical (unpaired) electrons. The summed E-state index contributed by atoms with van der Waals surface area (Å²) in [6.07, 6.45) is 0.854. The quantitative estimate of drug-likeness (QED) is 0.743. The summed E-state index contributed by atoms with van der Waals surface area (Å²) in [4.78, 5) is 23.9. The lowest BCUT2D eigenvalue weighted by Gasteiger charge is -2.30. The van der Waals surface area contributed by atoms with Crippen LogP contribution in [-0.2, 0) is 19.1 Å². The lowest BCUT2D eigenvalue weighted by Crippen LogP contribution is -2.46. The van der Waals surface area contributed by atoms with Crippen molar-refractivity contribution in [2.75, 3.05) is 13.2 Å². The van der Waals surface area contributed by atoms with Crippen molar-refractivity contribution in [3.63, 3.8) is 0 Å². The third kappa shape index (κ3) is 1.92. The molecule has 1 unspecified atom stereocenters. The molecule has 0 aromatic carbocycles. The molecule has 1 heterocycles. The van der Waals surface area contributed by atoms with Crippen LogP contribution in [0.2, 0.25) is 0 Å². The predicted octanol–water partition coefficient (Wildman–Crippen LogP) is 0.954. The fourth-order valence-electron chi connectivity index (χ4n) is 2.52. The van der Waals surface area contributed by atoms with E-state index >= 15 is 0 Å². The van der Waals surface area contributed by atoms with E-state index in [1.54, 1.807) is 6.92 Å². The molecule has 0 aromatic heterocycles. The fourth-order valence-corrected chi connectivity index (χ4v) is 2.52. The van der Waals surface area contributed by atoms with Gasteiger partial charge in [-0.05, 0) is 12.3 Å². The van der Waals surface area contributed by atoms with Crippen molar-refractivity contribution in [1.82, 2.24) is 0 Å². The van der Waals surface area contributed by atoms with Gasteiger partial charge >= 0.3 is 5.97 Å². The van der Waals surface area contributed by atoms with Gasteiger partial charge < -0.3 is 14.6 Å². The van der Waals surface area contributed by atoms with E-state index in [0.717, 1.165) is 0 Å². The van der Waals surface area contributed by atoms with Gasteiger partial charge in [0, 0.05) is 12.8 Å². The van der Waals surface area contributed by atoms with Crippen LogP contribution in [0.3, 0.4) is 0 Å². The van der Waals surface area contributed by atoms with E-state index in [4.69, 9.17) is 9.47 Å². The van der Waals surface area contributed by atoms with E-state index in [2.05, 4.69) is 0 Å². The molecule has 1 aliphatic carbocycles. The standard InChI is InChI=1S/C13H18O5/c1-4-17-11(15)13(16)7-18-9-6-12(2,3)5-8(14)10(9)13/h16H,4-7H2,1-3H3. The van der Waals surface area contributed by atoms with Crippen LogP contribution < -0.4 is 0 Å². The molecule has 0 saturated carbocycles. The summed E-state index contributed by atoms with van der Waals surface area (Å²) in [7, 11) is 0. The maximum Gasteiger partial charge on any atom is 0.346 e. The molecule has 0 fully saturated rings. The van der Waals surface area contributed by atoms with Crippen molar-refractivity contribution in [1.29, 1.82) is 0 Å². The second kappa shape index (κ2) is 4.09. The van der Waals surface area contributed by atoms with Gasteiger partial charge in [0.15, 0.2) is 5.78 Å². The Labute approximate surface area is 106 Å². The predicted molar refractivity (Wildman–Crippen MR) is 62.6 cm³/mol. The monoisotopic (exact) mass is 254 g/mol. The van der Waals surface area contributed by atoms with Gasteiger partial charge in [0.1, 0.15) is 12.4 Å². The summed E-state index contributed by atoms with van der Waals surface area (Å²) in [5, 5.41) is 10.3. The molecule has 2 rings (SSSR count). The Balaban J connectivity index is 2.36. The molecule has 5 nitrogen and oxygen atoms in total. The van der Waals surface area contributed by atoms with Crippen molar-refractivity contribution in [3.8, 4) is 0 Å². The first-order valence-electron chi connectivity index (χ1n) is 6.09. The number of carbonyl (C=O) groups is 2. The van der Waals surface area contributed by atoms with Gasteiger partial charge in [-0.2, -0.15) is 0 Å². The Bertz CT molecular complexity index is 435. The van der Waals surface area contributed by atoms with Crippen LogP contribution >= 0.6 is 0 Å². The number of Topliss-reactive ketones (excluding diaryl/α,β-unsaturated/α-hetero) is 1.